The van der Waals surface area contributed by atoms with E-state index in [9.17, 15) is 23.6 Å². The molecule has 0 spiro atoms. The summed E-state index contributed by atoms with van der Waals surface area (Å²) in [6.45, 7) is -0.153. The Morgan fingerprint density at radius 1 is 0.969 bits per heavy atom. The van der Waals surface area contributed by atoms with Gasteiger partial charge in [-0.25, -0.2) is 4.39 Å². The number of fused-ring (bicyclic) bond motifs is 1. The van der Waals surface area contributed by atoms with Gasteiger partial charge in [0.25, 0.3) is 11.8 Å². The number of nitrogens with one attached hydrogen (secondary N) is 4. The summed E-state index contributed by atoms with van der Waals surface area (Å²) in [7, 11) is 0. The summed E-state index contributed by atoms with van der Waals surface area (Å²) in [6, 6.07) is 8.25. The minimum atomic E-state index is -0.592. The second kappa shape index (κ2) is 9.17. The van der Waals surface area contributed by atoms with Crippen LogP contribution in [0.3, 0.4) is 0 Å². The van der Waals surface area contributed by atoms with Crippen molar-refractivity contribution in [2.45, 2.75) is 32.1 Å². The minimum absolute atomic E-state index is 0.00392. The molecular formula is C23H23FN4O4. The molecule has 1 heterocycles. The fourth-order valence-electron chi connectivity index (χ4n) is 3.94. The molecule has 0 bridgehead atoms. The van der Waals surface area contributed by atoms with Crippen molar-refractivity contribution in [1.29, 1.82) is 0 Å². The van der Waals surface area contributed by atoms with Gasteiger partial charge in [0, 0.05) is 17.2 Å². The van der Waals surface area contributed by atoms with E-state index in [1.165, 1.54) is 36.4 Å². The first-order chi connectivity index (χ1) is 15.4. The molecule has 8 nitrogen and oxygen atoms in total. The molecule has 4 rings (SSSR count). The Bertz CT molecular complexity index is 1100. The van der Waals surface area contributed by atoms with Crippen LogP contribution in [0.25, 0.3) is 0 Å². The van der Waals surface area contributed by atoms with Gasteiger partial charge >= 0.3 is 0 Å². The summed E-state index contributed by atoms with van der Waals surface area (Å²) in [5.41, 5.74) is 0.992. The highest BCUT2D eigenvalue weighted by molar-refractivity contribution is 6.11. The lowest BCUT2D eigenvalue weighted by molar-refractivity contribution is -0.120. The molecule has 1 aliphatic heterocycles. The van der Waals surface area contributed by atoms with Crippen molar-refractivity contribution in [3.63, 3.8) is 0 Å². The number of halogens is 1. The van der Waals surface area contributed by atoms with Gasteiger partial charge in [-0.3, -0.25) is 19.2 Å². The van der Waals surface area contributed by atoms with Gasteiger partial charge in [-0.1, -0.05) is 19.3 Å². The number of anilines is 3. The monoisotopic (exact) mass is 438 g/mol. The molecule has 2 aromatic rings. The molecule has 0 unspecified atom stereocenters. The zero-order valence-electron chi connectivity index (χ0n) is 17.3. The first-order valence-electron chi connectivity index (χ1n) is 10.5. The maximum Gasteiger partial charge on any atom is 0.255 e. The maximum absolute atomic E-state index is 14.3. The molecule has 9 heteroatoms. The molecule has 0 saturated heterocycles. The Morgan fingerprint density at radius 3 is 2.53 bits per heavy atom. The second-order valence-corrected chi connectivity index (χ2v) is 7.96. The van der Waals surface area contributed by atoms with Crippen LogP contribution in [0.4, 0.5) is 21.5 Å². The van der Waals surface area contributed by atoms with Crippen LogP contribution in [0, 0.1) is 11.7 Å². The van der Waals surface area contributed by atoms with Crippen molar-refractivity contribution < 1.29 is 23.6 Å². The van der Waals surface area contributed by atoms with Crippen LogP contribution in [0.1, 0.15) is 52.8 Å². The van der Waals surface area contributed by atoms with E-state index in [1.54, 1.807) is 0 Å². The molecule has 0 aromatic heterocycles. The van der Waals surface area contributed by atoms with Crippen molar-refractivity contribution in [2.75, 3.05) is 22.5 Å². The molecule has 32 heavy (non-hydrogen) atoms. The zero-order valence-corrected chi connectivity index (χ0v) is 17.3. The first-order valence-corrected chi connectivity index (χ1v) is 10.5. The fourth-order valence-corrected chi connectivity index (χ4v) is 3.94. The van der Waals surface area contributed by atoms with Gasteiger partial charge in [0.2, 0.25) is 11.8 Å². The first kappa shape index (κ1) is 21.5. The van der Waals surface area contributed by atoms with Crippen LogP contribution in [0.15, 0.2) is 36.4 Å². The Hall–Kier alpha value is -3.75. The standard InChI is InChI=1S/C23H23FN4O4/c24-17-9-7-15(11-19(17)28-21(30)13-4-2-1-3-5-13)26-22(31)14-6-8-16-18(10-14)27-20(29)12-25-23(16)32/h6-11,13H,1-5,12H2,(H,25,32)(H,26,31)(H,27,29)(H,28,30). The van der Waals surface area contributed by atoms with E-state index in [1.807, 2.05) is 0 Å². The average molecular weight is 438 g/mol. The molecular weight excluding hydrogens is 415 g/mol. The molecule has 4 N–H and O–H groups in total. The Kier molecular flexibility index (Phi) is 6.16. The predicted molar refractivity (Wildman–Crippen MR) is 117 cm³/mol. The van der Waals surface area contributed by atoms with Gasteiger partial charge in [0.05, 0.1) is 23.5 Å². The van der Waals surface area contributed by atoms with Crippen LogP contribution in [0.2, 0.25) is 0 Å². The van der Waals surface area contributed by atoms with E-state index in [0.717, 1.165) is 32.1 Å². The van der Waals surface area contributed by atoms with Crippen LogP contribution in [-0.4, -0.2) is 30.2 Å². The lowest BCUT2D eigenvalue weighted by Crippen LogP contribution is -2.28. The van der Waals surface area contributed by atoms with E-state index < -0.39 is 23.5 Å². The third-order valence-corrected chi connectivity index (χ3v) is 5.67. The quantitative estimate of drug-likeness (QED) is 0.586. The van der Waals surface area contributed by atoms with Crippen molar-refractivity contribution >= 4 is 40.7 Å². The summed E-state index contributed by atoms with van der Waals surface area (Å²) >= 11 is 0. The molecule has 2 aromatic carbocycles. The van der Waals surface area contributed by atoms with Gasteiger partial charge in [0.1, 0.15) is 5.82 Å². The normalized spacial score (nSPS) is 16.3. The lowest BCUT2D eigenvalue weighted by Gasteiger charge is -2.21. The number of hydrogen-bond donors (Lipinski definition) is 4. The molecule has 0 radical (unpaired) electrons. The third kappa shape index (κ3) is 4.77. The number of carbonyl (C=O) groups excluding carboxylic acids is 4. The van der Waals surface area contributed by atoms with E-state index in [4.69, 9.17) is 0 Å². The summed E-state index contributed by atoms with van der Waals surface area (Å²) in [6.07, 6.45) is 4.66. The van der Waals surface area contributed by atoms with Gasteiger partial charge in [0.15, 0.2) is 0 Å². The second-order valence-electron chi connectivity index (χ2n) is 7.96. The molecule has 1 fully saturated rings. The Balaban J connectivity index is 1.49. The highest BCUT2D eigenvalue weighted by atomic mass is 19.1. The van der Waals surface area contributed by atoms with Crippen LogP contribution >= 0.6 is 0 Å². The zero-order chi connectivity index (χ0) is 22.7. The number of benzene rings is 2. The summed E-state index contributed by atoms with van der Waals surface area (Å²) in [4.78, 5) is 48.9. The van der Waals surface area contributed by atoms with Crippen molar-refractivity contribution in [3.05, 3.63) is 53.3 Å². The topological polar surface area (TPSA) is 116 Å². The van der Waals surface area contributed by atoms with Crippen LogP contribution < -0.4 is 21.3 Å². The molecule has 4 amide bonds. The SMILES string of the molecule is O=C1CNC(=O)c2ccc(C(=O)Nc3ccc(F)c(NC(=O)C4CCCCC4)c3)cc2N1. The largest absolute Gasteiger partial charge is 0.343 e. The number of rotatable bonds is 4. The van der Waals surface area contributed by atoms with Crippen molar-refractivity contribution in [2.24, 2.45) is 5.92 Å². The average Bonchev–Trinajstić information content (AvgIpc) is 2.94. The molecule has 2 aliphatic rings. The van der Waals surface area contributed by atoms with E-state index >= 15 is 0 Å². The highest BCUT2D eigenvalue weighted by Crippen LogP contribution is 2.27. The van der Waals surface area contributed by atoms with E-state index in [2.05, 4.69) is 21.3 Å². The highest BCUT2D eigenvalue weighted by Gasteiger charge is 2.23. The maximum atomic E-state index is 14.3. The molecule has 166 valence electrons. The minimum Gasteiger partial charge on any atom is -0.343 e. The van der Waals surface area contributed by atoms with Gasteiger partial charge in [-0.2, -0.15) is 0 Å². The number of carbonyl (C=O) groups is 4. The number of hydrogen-bond acceptors (Lipinski definition) is 4. The Morgan fingerprint density at radius 2 is 1.75 bits per heavy atom. The summed E-state index contributed by atoms with van der Waals surface area (Å²) < 4.78 is 14.3. The van der Waals surface area contributed by atoms with Crippen molar-refractivity contribution in [1.82, 2.24) is 5.32 Å². The molecule has 0 atom stereocenters. The Labute approximate surface area is 184 Å². The predicted octanol–water partition coefficient (Wildman–Crippen LogP) is 3.28. The lowest BCUT2D eigenvalue weighted by atomic mass is 9.88. The van der Waals surface area contributed by atoms with E-state index in [-0.39, 0.29) is 40.9 Å². The molecule has 1 aliphatic carbocycles. The summed E-state index contributed by atoms with van der Waals surface area (Å²) in [5.74, 6) is -2.26. The summed E-state index contributed by atoms with van der Waals surface area (Å²) in [5, 5.41) is 10.3. The number of amides is 4. The van der Waals surface area contributed by atoms with Gasteiger partial charge < -0.3 is 21.3 Å². The van der Waals surface area contributed by atoms with Crippen LogP contribution in [0.5, 0.6) is 0 Å². The van der Waals surface area contributed by atoms with E-state index in [0.29, 0.717) is 5.69 Å². The van der Waals surface area contributed by atoms with Gasteiger partial charge in [-0.05, 0) is 49.2 Å². The fraction of sp³-hybridized carbons (Fsp3) is 0.304. The van der Waals surface area contributed by atoms with Crippen LogP contribution in [-0.2, 0) is 9.59 Å². The van der Waals surface area contributed by atoms with Gasteiger partial charge in [-0.15, -0.1) is 0 Å². The third-order valence-electron chi connectivity index (χ3n) is 5.67. The smallest absolute Gasteiger partial charge is 0.255 e. The van der Waals surface area contributed by atoms with Crippen molar-refractivity contribution in [3.8, 4) is 0 Å². The molecule has 1 saturated carbocycles.